The van der Waals surface area contributed by atoms with Crippen molar-refractivity contribution in [2.24, 2.45) is 0 Å². The van der Waals surface area contributed by atoms with Crippen molar-refractivity contribution in [1.29, 1.82) is 0 Å². The van der Waals surface area contributed by atoms with Crippen molar-refractivity contribution in [2.75, 3.05) is 39.7 Å². The molecule has 1 amide bonds. The lowest BCUT2D eigenvalue weighted by atomic mass is 9.93. The number of rotatable bonds is 6. The van der Waals surface area contributed by atoms with Gasteiger partial charge in [0.2, 0.25) is 0 Å². The second kappa shape index (κ2) is 9.64. The summed E-state index contributed by atoms with van der Waals surface area (Å²) in [4.78, 5) is 28.8. The Labute approximate surface area is 187 Å². The van der Waals surface area contributed by atoms with Gasteiger partial charge in [-0.25, -0.2) is 9.97 Å². The minimum absolute atomic E-state index is 0.0687. The molecule has 166 valence electrons. The van der Waals surface area contributed by atoms with Crippen molar-refractivity contribution in [3.8, 4) is 22.9 Å². The zero-order valence-electron chi connectivity index (χ0n) is 18.5. The van der Waals surface area contributed by atoms with Crippen LogP contribution in [0.4, 0.5) is 5.82 Å². The number of anilines is 1. The number of pyridine rings is 1. The number of carbonyl (C=O) groups is 1. The summed E-state index contributed by atoms with van der Waals surface area (Å²) in [5, 5.41) is 3.12. The van der Waals surface area contributed by atoms with Crippen LogP contribution in [0.25, 0.3) is 11.4 Å². The number of nitrogens with one attached hydrogen (secondary N) is 1. The van der Waals surface area contributed by atoms with Crippen molar-refractivity contribution < 1.29 is 14.3 Å². The summed E-state index contributed by atoms with van der Waals surface area (Å²) >= 11 is 0. The number of hydrogen-bond acceptors (Lipinski definition) is 7. The Hall–Kier alpha value is -3.68. The molecule has 1 aliphatic rings. The normalized spacial score (nSPS) is 15.8. The van der Waals surface area contributed by atoms with Crippen LogP contribution in [0.3, 0.4) is 0 Å². The smallest absolute Gasteiger partial charge is 0.257 e. The molecule has 1 aromatic carbocycles. The van der Waals surface area contributed by atoms with E-state index in [9.17, 15) is 4.79 Å². The van der Waals surface area contributed by atoms with Crippen LogP contribution in [0.5, 0.6) is 11.5 Å². The lowest BCUT2D eigenvalue weighted by Crippen LogP contribution is -2.39. The van der Waals surface area contributed by atoms with Crippen LogP contribution in [0.1, 0.15) is 34.8 Å². The van der Waals surface area contributed by atoms with Crippen LogP contribution in [0.2, 0.25) is 0 Å². The molecule has 0 radical (unpaired) electrons. The predicted molar refractivity (Wildman–Crippen MR) is 122 cm³/mol. The number of piperidine rings is 1. The molecule has 0 spiro atoms. The molecular weight excluding hydrogens is 406 g/mol. The molecule has 1 aliphatic heterocycles. The van der Waals surface area contributed by atoms with Crippen LogP contribution in [0, 0.1) is 0 Å². The number of hydrogen-bond donors (Lipinski definition) is 1. The summed E-state index contributed by atoms with van der Waals surface area (Å²) in [6.45, 7) is 1.26. The summed E-state index contributed by atoms with van der Waals surface area (Å²) in [6, 6.07) is 11.1. The predicted octanol–water partition coefficient (Wildman–Crippen LogP) is 3.62. The van der Waals surface area contributed by atoms with E-state index in [0.717, 1.165) is 29.9 Å². The number of para-hydroxylation sites is 1. The SMILES string of the molecule is CNc1cc([C@@H]2CCCN(C(=O)c3cccc(OC)c3OC)C2)nc(-c2cccnc2)n1. The number of carbonyl (C=O) groups excluding carboxylic acids is 1. The van der Waals surface area contributed by atoms with Gasteiger partial charge in [-0.05, 0) is 37.1 Å². The Morgan fingerprint density at radius 1 is 1.16 bits per heavy atom. The van der Waals surface area contributed by atoms with E-state index in [-0.39, 0.29) is 11.8 Å². The van der Waals surface area contributed by atoms with Gasteiger partial charge >= 0.3 is 0 Å². The lowest BCUT2D eigenvalue weighted by Gasteiger charge is -2.33. The molecular formula is C24H27N5O3. The van der Waals surface area contributed by atoms with Crippen LogP contribution in [-0.4, -0.2) is 60.1 Å². The molecule has 0 saturated carbocycles. The molecule has 32 heavy (non-hydrogen) atoms. The minimum atomic E-state index is -0.0687. The second-order valence-electron chi connectivity index (χ2n) is 7.62. The van der Waals surface area contributed by atoms with E-state index in [2.05, 4.69) is 15.3 Å². The third-order valence-corrected chi connectivity index (χ3v) is 5.68. The fourth-order valence-electron chi connectivity index (χ4n) is 4.06. The topological polar surface area (TPSA) is 89.5 Å². The summed E-state index contributed by atoms with van der Waals surface area (Å²) in [6.07, 6.45) is 5.32. The number of nitrogens with zero attached hydrogens (tertiary/aromatic N) is 4. The molecule has 8 nitrogen and oxygen atoms in total. The van der Waals surface area contributed by atoms with Crippen LogP contribution in [-0.2, 0) is 0 Å². The van der Waals surface area contributed by atoms with Crippen LogP contribution in [0.15, 0.2) is 48.8 Å². The van der Waals surface area contributed by atoms with Gasteiger partial charge in [-0.1, -0.05) is 6.07 Å². The molecule has 3 aromatic rings. The number of benzene rings is 1. The molecule has 0 aliphatic carbocycles. The maximum absolute atomic E-state index is 13.4. The zero-order chi connectivity index (χ0) is 22.5. The Morgan fingerprint density at radius 2 is 2.03 bits per heavy atom. The van der Waals surface area contributed by atoms with Gasteiger partial charge in [0.05, 0.1) is 25.5 Å². The van der Waals surface area contributed by atoms with Gasteiger partial charge in [-0.15, -0.1) is 0 Å². The molecule has 8 heteroatoms. The Balaban J connectivity index is 1.62. The van der Waals surface area contributed by atoms with Crippen molar-refractivity contribution in [2.45, 2.75) is 18.8 Å². The van der Waals surface area contributed by atoms with Crippen molar-refractivity contribution in [3.63, 3.8) is 0 Å². The van der Waals surface area contributed by atoms with Gasteiger partial charge in [-0.2, -0.15) is 0 Å². The molecule has 1 fully saturated rings. The third-order valence-electron chi connectivity index (χ3n) is 5.68. The van der Waals surface area contributed by atoms with E-state index in [1.54, 1.807) is 44.8 Å². The molecule has 1 saturated heterocycles. The summed E-state index contributed by atoms with van der Waals surface area (Å²) in [5.74, 6) is 2.41. The highest BCUT2D eigenvalue weighted by molar-refractivity contribution is 5.98. The maximum Gasteiger partial charge on any atom is 0.257 e. The molecule has 0 unspecified atom stereocenters. The summed E-state index contributed by atoms with van der Waals surface area (Å²) in [5.41, 5.74) is 2.27. The van der Waals surface area contributed by atoms with Gasteiger partial charge in [0.25, 0.3) is 5.91 Å². The lowest BCUT2D eigenvalue weighted by molar-refractivity contribution is 0.0702. The first-order chi connectivity index (χ1) is 15.6. The van der Waals surface area contributed by atoms with Crippen molar-refractivity contribution >= 4 is 11.7 Å². The van der Waals surface area contributed by atoms with Gasteiger partial charge in [-0.3, -0.25) is 9.78 Å². The standard InChI is InChI=1S/C24H27N5O3/c1-25-21-13-19(27-23(28-21)16-7-5-11-26-14-16)17-8-6-12-29(15-17)24(30)18-9-4-10-20(31-2)22(18)32-3/h4-5,7,9-11,13-14,17H,6,8,12,15H2,1-3H3,(H,25,27,28)/t17-/m1/s1. The molecule has 4 rings (SSSR count). The van der Waals surface area contributed by atoms with Gasteiger partial charge in [0.1, 0.15) is 5.82 Å². The quantitative estimate of drug-likeness (QED) is 0.635. The first kappa shape index (κ1) is 21.5. The van der Waals surface area contributed by atoms with Crippen molar-refractivity contribution in [3.05, 3.63) is 60.0 Å². The monoisotopic (exact) mass is 433 g/mol. The fraction of sp³-hybridized carbons (Fsp3) is 0.333. The van der Waals surface area contributed by atoms with Crippen molar-refractivity contribution in [1.82, 2.24) is 19.9 Å². The molecule has 1 N–H and O–H groups in total. The van der Waals surface area contributed by atoms with E-state index in [1.165, 1.54) is 0 Å². The van der Waals surface area contributed by atoms with Crippen LogP contribution < -0.4 is 14.8 Å². The largest absolute Gasteiger partial charge is 0.493 e. The third kappa shape index (κ3) is 4.34. The number of aromatic nitrogens is 3. The number of ether oxygens (including phenoxy) is 2. The highest BCUT2D eigenvalue weighted by Gasteiger charge is 2.29. The number of methoxy groups -OCH3 is 2. The highest BCUT2D eigenvalue weighted by Crippen LogP contribution is 2.34. The maximum atomic E-state index is 13.4. The Morgan fingerprint density at radius 3 is 2.75 bits per heavy atom. The van der Waals surface area contributed by atoms with Gasteiger partial charge in [0, 0.05) is 50.1 Å². The number of likely N-dealkylation sites (tertiary alicyclic amines) is 1. The second-order valence-corrected chi connectivity index (χ2v) is 7.62. The average molecular weight is 434 g/mol. The van der Waals surface area contributed by atoms with E-state index < -0.39 is 0 Å². The molecule has 2 aromatic heterocycles. The zero-order valence-corrected chi connectivity index (χ0v) is 18.5. The molecule has 3 heterocycles. The number of amides is 1. The molecule has 0 bridgehead atoms. The first-order valence-corrected chi connectivity index (χ1v) is 10.6. The van der Waals surface area contributed by atoms with E-state index >= 15 is 0 Å². The van der Waals surface area contributed by atoms with E-state index in [4.69, 9.17) is 14.5 Å². The molecule has 1 atom stereocenters. The van der Waals surface area contributed by atoms with E-state index in [0.29, 0.717) is 36.0 Å². The summed E-state index contributed by atoms with van der Waals surface area (Å²) in [7, 11) is 4.95. The van der Waals surface area contributed by atoms with Crippen LogP contribution >= 0.6 is 0 Å². The first-order valence-electron chi connectivity index (χ1n) is 10.6. The fourth-order valence-corrected chi connectivity index (χ4v) is 4.06. The Bertz CT molecular complexity index is 1090. The summed E-state index contributed by atoms with van der Waals surface area (Å²) < 4.78 is 10.8. The van der Waals surface area contributed by atoms with Gasteiger partial charge in [0.15, 0.2) is 17.3 Å². The van der Waals surface area contributed by atoms with Gasteiger partial charge < -0.3 is 19.7 Å². The van der Waals surface area contributed by atoms with E-state index in [1.807, 2.05) is 30.1 Å². The Kier molecular flexibility index (Phi) is 6.49. The average Bonchev–Trinajstić information content (AvgIpc) is 2.87. The highest BCUT2D eigenvalue weighted by atomic mass is 16.5. The minimum Gasteiger partial charge on any atom is -0.493 e.